The van der Waals surface area contributed by atoms with Crippen LogP contribution in [0.2, 0.25) is 0 Å². The fraction of sp³-hybridized carbons (Fsp3) is 0.263. The Bertz CT molecular complexity index is 796. The van der Waals surface area contributed by atoms with Gasteiger partial charge in [0.2, 0.25) is 5.91 Å². The lowest BCUT2D eigenvalue weighted by Gasteiger charge is -2.15. The van der Waals surface area contributed by atoms with Gasteiger partial charge in [-0.1, -0.05) is 12.1 Å². The first kappa shape index (κ1) is 15.3. The Morgan fingerprint density at radius 2 is 1.91 bits per heavy atom. The van der Waals surface area contributed by atoms with Gasteiger partial charge in [-0.2, -0.15) is 0 Å². The molecule has 1 aliphatic rings. The lowest BCUT2D eigenvalue weighted by molar-refractivity contribution is -0.116. The van der Waals surface area contributed by atoms with Gasteiger partial charge < -0.3 is 10.2 Å². The van der Waals surface area contributed by atoms with Crippen molar-refractivity contribution >= 4 is 23.2 Å². The van der Waals surface area contributed by atoms with Gasteiger partial charge in [-0.3, -0.25) is 9.59 Å². The van der Waals surface area contributed by atoms with Gasteiger partial charge >= 0.3 is 0 Å². The van der Waals surface area contributed by atoms with Crippen LogP contribution in [0.5, 0.6) is 0 Å². The summed E-state index contributed by atoms with van der Waals surface area (Å²) < 4.78 is 0. The second kappa shape index (κ2) is 5.88. The fourth-order valence-corrected chi connectivity index (χ4v) is 2.95. The first-order chi connectivity index (χ1) is 11.0. The molecule has 0 fully saturated rings. The highest BCUT2D eigenvalue weighted by Gasteiger charge is 2.23. The minimum atomic E-state index is -0.122. The molecular formula is C19H20N2O2. The molecule has 118 valence electrons. The Balaban J connectivity index is 1.84. The molecule has 2 aromatic rings. The first-order valence-corrected chi connectivity index (χ1v) is 7.76. The maximum Gasteiger partial charge on any atom is 0.255 e. The van der Waals surface area contributed by atoms with Crippen molar-refractivity contribution in [2.75, 3.05) is 16.8 Å². The Labute approximate surface area is 136 Å². The predicted molar refractivity (Wildman–Crippen MR) is 92.0 cm³/mol. The molecule has 0 bridgehead atoms. The monoisotopic (exact) mass is 308 g/mol. The standard InChI is InChI=1S/C19H20N2O2/c1-12-5-4-6-17(13(12)2)20-19(23)16-7-8-18-15(11-16)9-10-21(18)14(3)22/h4-8,11H,9-10H2,1-3H3,(H,20,23). The molecule has 23 heavy (non-hydrogen) atoms. The average molecular weight is 308 g/mol. The maximum absolute atomic E-state index is 12.5. The molecule has 2 aromatic carbocycles. The van der Waals surface area contributed by atoms with Crippen LogP contribution in [0.1, 0.15) is 34.0 Å². The molecule has 1 aliphatic heterocycles. The van der Waals surface area contributed by atoms with E-state index in [-0.39, 0.29) is 11.8 Å². The molecule has 0 unspecified atom stereocenters. The number of anilines is 2. The van der Waals surface area contributed by atoms with E-state index in [9.17, 15) is 9.59 Å². The summed E-state index contributed by atoms with van der Waals surface area (Å²) >= 11 is 0. The number of nitrogens with one attached hydrogen (secondary N) is 1. The summed E-state index contributed by atoms with van der Waals surface area (Å²) in [6.07, 6.45) is 0.791. The van der Waals surface area contributed by atoms with E-state index >= 15 is 0 Å². The van der Waals surface area contributed by atoms with E-state index in [0.717, 1.165) is 34.5 Å². The number of hydrogen-bond donors (Lipinski definition) is 1. The number of hydrogen-bond acceptors (Lipinski definition) is 2. The second-order valence-corrected chi connectivity index (χ2v) is 5.97. The number of rotatable bonds is 2. The number of benzene rings is 2. The van der Waals surface area contributed by atoms with Gasteiger partial charge in [0.1, 0.15) is 0 Å². The van der Waals surface area contributed by atoms with Crippen molar-refractivity contribution in [1.82, 2.24) is 0 Å². The van der Waals surface area contributed by atoms with Crippen LogP contribution in [0.25, 0.3) is 0 Å². The molecule has 1 N–H and O–H groups in total. The van der Waals surface area contributed by atoms with Crippen molar-refractivity contribution in [3.05, 3.63) is 58.7 Å². The molecule has 1 heterocycles. The van der Waals surface area contributed by atoms with E-state index < -0.39 is 0 Å². The molecule has 0 radical (unpaired) electrons. The summed E-state index contributed by atoms with van der Waals surface area (Å²) in [4.78, 5) is 25.8. The third-order valence-corrected chi connectivity index (χ3v) is 4.47. The fourth-order valence-electron chi connectivity index (χ4n) is 2.95. The van der Waals surface area contributed by atoms with Crippen LogP contribution in [0.15, 0.2) is 36.4 Å². The summed E-state index contributed by atoms with van der Waals surface area (Å²) in [6, 6.07) is 11.4. The van der Waals surface area contributed by atoms with Gasteiger partial charge in [0.25, 0.3) is 5.91 Å². The predicted octanol–water partition coefficient (Wildman–Crippen LogP) is 3.46. The number of carbonyl (C=O) groups excluding carboxylic acids is 2. The molecule has 0 spiro atoms. The lowest BCUT2D eigenvalue weighted by atomic mass is 10.1. The molecule has 0 aliphatic carbocycles. The van der Waals surface area contributed by atoms with E-state index in [1.807, 2.05) is 44.2 Å². The van der Waals surface area contributed by atoms with Crippen LogP contribution in [0.3, 0.4) is 0 Å². The Morgan fingerprint density at radius 1 is 1.13 bits per heavy atom. The molecule has 3 rings (SSSR count). The van der Waals surface area contributed by atoms with Gasteiger partial charge in [-0.15, -0.1) is 0 Å². The molecule has 0 saturated carbocycles. The Hall–Kier alpha value is -2.62. The van der Waals surface area contributed by atoms with Crippen molar-refractivity contribution in [2.24, 2.45) is 0 Å². The number of fused-ring (bicyclic) bond motifs is 1. The van der Waals surface area contributed by atoms with Crippen molar-refractivity contribution in [3.8, 4) is 0 Å². The van der Waals surface area contributed by atoms with Crippen molar-refractivity contribution < 1.29 is 9.59 Å². The van der Waals surface area contributed by atoms with Crippen LogP contribution < -0.4 is 10.2 Å². The van der Waals surface area contributed by atoms with Gasteiger partial charge in [-0.05, 0) is 61.2 Å². The van der Waals surface area contributed by atoms with Crippen molar-refractivity contribution in [1.29, 1.82) is 0 Å². The Morgan fingerprint density at radius 3 is 2.65 bits per heavy atom. The summed E-state index contributed by atoms with van der Waals surface area (Å²) in [6.45, 7) is 6.28. The molecule has 0 atom stereocenters. The first-order valence-electron chi connectivity index (χ1n) is 7.76. The van der Waals surface area contributed by atoms with Crippen molar-refractivity contribution in [3.63, 3.8) is 0 Å². The molecular weight excluding hydrogens is 288 g/mol. The normalized spacial score (nSPS) is 12.9. The minimum Gasteiger partial charge on any atom is -0.322 e. The van der Waals surface area contributed by atoms with Gasteiger partial charge in [0.15, 0.2) is 0 Å². The Kier molecular flexibility index (Phi) is 3.90. The smallest absolute Gasteiger partial charge is 0.255 e. The summed E-state index contributed by atoms with van der Waals surface area (Å²) in [7, 11) is 0. The van der Waals surface area contributed by atoms with Crippen LogP contribution in [0.4, 0.5) is 11.4 Å². The van der Waals surface area contributed by atoms with Crippen LogP contribution in [-0.2, 0) is 11.2 Å². The third kappa shape index (κ3) is 2.84. The zero-order valence-electron chi connectivity index (χ0n) is 13.6. The molecule has 0 aromatic heterocycles. The van der Waals surface area contributed by atoms with E-state index in [0.29, 0.717) is 12.1 Å². The molecule has 2 amide bonds. The van der Waals surface area contributed by atoms with Gasteiger partial charge in [-0.25, -0.2) is 0 Å². The quantitative estimate of drug-likeness (QED) is 0.923. The lowest BCUT2D eigenvalue weighted by Crippen LogP contribution is -2.25. The summed E-state index contributed by atoms with van der Waals surface area (Å²) in [5.41, 5.74) is 5.64. The minimum absolute atomic E-state index is 0.0383. The molecule has 0 saturated heterocycles. The second-order valence-electron chi connectivity index (χ2n) is 5.97. The van der Waals surface area contributed by atoms with Crippen molar-refractivity contribution in [2.45, 2.75) is 27.2 Å². The number of amides is 2. The van der Waals surface area contributed by atoms with Crippen LogP contribution in [0, 0.1) is 13.8 Å². The van der Waals surface area contributed by atoms with Crippen LogP contribution >= 0.6 is 0 Å². The van der Waals surface area contributed by atoms with Gasteiger partial charge in [0.05, 0.1) is 0 Å². The zero-order valence-corrected chi connectivity index (χ0v) is 13.6. The number of aryl methyl sites for hydroxylation is 1. The highest BCUT2D eigenvalue weighted by atomic mass is 16.2. The topological polar surface area (TPSA) is 49.4 Å². The summed E-state index contributed by atoms with van der Waals surface area (Å²) in [5, 5.41) is 2.97. The van der Waals surface area contributed by atoms with E-state index in [1.54, 1.807) is 17.9 Å². The van der Waals surface area contributed by atoms with Gasteiger partial charge in [0, 0.05) is 30.4 Å². The molecule has 4 nitrogen and oxygen atoms in total. The largest absolute Gasteiger partial charge is 0.322 e. The third-order valence-electron chi connectivity index (χ3n) is 4.47. The van der Waals surface area contributed by atoms with E-state index in [1.165, 1.54) is 0 Å². The zero-order chi connectivity index (χ0) is 16.6. The van der Waals surface area contributed by atoms with Crippen LogP contribution in [-0.4, -0.2) is 18.4 Å². The van der Waals surface area contributed by atoms with E-state index in [4.69, 9.17) is 0 Å². The highest BCUT2D eigenvalue weighted by molar-refractivity contribution is 6.05. The SMILES string of the molecule is CC(=O)N1CCc2cc(C(=O)Nc3cccc(C)c3C)ccc21. The maximum atomic E-state index is 12.5. The average Bonchev–Trinajstić information content (AvgIpc) is 2.95. The van der Waals surface area contributed by atoms with E-state index in [2.05, 4.69) is 5.32 Å². The summed E-state index contributed by atoms with van der Waals surface area (Å²) in [5.74, 6) is -0.0842. The highest BCUT2D eigenvalue weighted by Crippen LogP contribution is 2.29. The number of nitrogens with zero attached hydrogens (tertiary/aromatic N) is 1. The molecule has 4 heteroatoms. The number of carbonyl (C=O) groups is 2.